The predicted octanol–water partition coefficient (Wildman–Crippen LogP) is 3.62. The minimum Gasteiger partial charge on any atom is -0.445 e. The van der Waals surface area contributed by atoms with Crippen LogP contribution in [0.4, 0.5) is 9.93 Å². The summed E-state index contributed by atoms with van der Waals surface area (Å²) < 4.78 is 5.24. The SMILES string of the molecule is O=C(N[C@@H](Cc1ccccc1)C(=O)Nc1nccs1)OCc1ccccc1. The highest BCUT2D eigenvalue weighted by molar-refractivity contribution is 7.13. The highest BCUT2D eigenvalue weighted by Crippen LogP contribution is 2.12. The third-order valence-electron chi connectivity index (χ3n) is 3.77. The third-order valence-corrected chi connectivity index (χ3v) is 4.45. The summed E-state index contributed by atoms with van der Waals surface area (Å²) in [4.78, 5) is 28.9. The summed E-state index contributed by atoms with van der Waals surface area (Å²) in [6.45, 7) is 0.138. The van der Waals surface area contributed by atoms with Gasteiger partial charge in [0.1, 0.15) is 12.6 Å². The molecule has 2 amide bonds. The number of alkyl carbamates (subject to hydrolysis) is 1. The fraction of sp³-hybridized carbons (Fsp3) is 0.150. The highest BCUT2D eigenvalue weighted by atomic mass is 32.1. The number of hydrogen-bond acceptors (Lipinski definition) is 5. The lowest BCUT2D eigenvalue weighted by molar-refractivity contribution is -0.118. The monoisotopic (exact) mass is 381 g/mol. The Morgan fingerprint density at radius 3 is 2.30 bits per heavy atom. The topological polar surface area (TPSA) is 80.3 Å². The molecule has 0 saturated carbocycles. The number of nitrogens with one attached hydrogen (secondary N) is 2. The van der Waals surface area contributed by atoms with E-state index in [2.05, 4.69) is 15.6 Å². The van der Waals surface area contributed by atoms with Gasteiger partial charge < -0.3 is 15.4 Å². The molecule has 0 saturated heterocycles. The first-order valence-corrected chi connectivity index (χ1v) is 9.30. The molecule has 0 aliphatic carbocycles. The van der Waals surface area contributed by atoms with Crippen molar-refractivity contribution in [1.29, 1.82) is 0 Å². The van der Waals surface area contributed by atoms with Crippen molar-refractivity contribution in [3.63, 3.8) is 0 Å². The summed E-state index contributed by atoms with van der Waals surface area (Å²) in [6.07, 6.45) is 1.31. The van der Waals surface area contributed by atoms with Crippen molar-refractivity contribution in [2.75, 3.05) is 5.32 Å². The maximum absolute atomic E-state index is 12.6. The fourth-order valence-corrected chi connectivity index (χ4v) is 2.98. The van der Waals surface area contributed by atoms with Crippen LogP contribution in [-0.4, -0.2) is 23.0 Å². The number of anilines is 1. The second-order valence-corrected chi connectivity index (χ2v) is 6.67. The van der Waals surface area contributed by atoms with Crippen LogP contribution in [0.25, 0.3) is 0 Å². The Labute approximate surface area is 161 Å². The summed E-state index contributed by atoms with van der Waals surface area (Å²) in [5, 5.41) is 7.62. The molecule has 1 aromatic heterocycles. The molecule has 0 bridgehead atoms. The van der Waals surface area contributed by atoms with Crippen LogP contribution >= 0.6 is 11.3 Å². The van der Waals surface area contributed by atoms with Gasteiger partial charge in [0.2, 0.25) is 5.91 Å². The maximum Gasteiger partial charge on any atom is 0.408 e. The summed E-state index contributed by atoms with van der Waals surface area (Å²) >= 11 is 1.31. The summed E-state index contributed by atoms with van der Waals surface area (Å²) in [5.74, 6) is -0.342. The highest BCUT2D eigenvalue weighted by Gasteiger charge is 2.22. The number of amides is 2. The van der Waals surface area contributed by atoms with Crippen molar-refractivity contribution < 1.29 is 14.3 Å². The summed E-state index contributed by atoms with van der Waals surface area (Å²) in [6, 6.07) is 18.1. The quantitative estimate of drug-likeness (QED) is 0.655. The van der Waals surface area contributed by atoms with Crippen LogP contribution in [0.15, 0.2) is 72.2 Å². The molecular weight excluding hydrogens is 362 g/mol. The minimum absolute atomic E-state index is 0.138. The number of ether oxygens (including phenoxy) is 1. The molecule has 3 aromatic rings. The van der Waals surface area contributed by atoms with Crippen LogP contribution in [0.2, 0.25) is 0 Å². The Morgan fingerprint density at radius 2 is 1.67 bits per heavy atom. The first-order chi connectivity index (χ1) is 13.2. The van der Waals surface area contributed by atoms with Crippen LogP contribution in [0.5, 0.6) is 0 Å². The van der Waals surface area contributed by atoms with Crippen molar-refractivity contribution >= 4 is 28.5 Å². The van der Waals surface area contributed by atoms with Gasteiger partial charge in [0.25, 0.3) is 0 Å². The fourth-order valence-electron chi connectivity index (χ4n) is 2.44. The number of rotatable bonds is 7. The van der Waals surface area contributed by atoms with Gasteiger partial charge in [-0.3, -0.25) is 4.79 Å². The molecule has 2 aromatic carbocycles. The van der Waals surface area contributed by atoms with Gasteiger partial charge in [-0.05, 0) is 11.1 Å². The maximum atomic E-state index is 12.6. The first kappa shape index (κ1) is 18.6. The number of carbonyl (C=O) groups excluding carboxylic acids is 2. The first-order valence-electron chi connectivity index (χ1n) is 8.42. The molecular formula is C20H19N3O3S. The van der Waals surface area contributed by atoms with E-state index in [1.807, 2.05) is 60.7 Å². The molecule has 0 aliphatic rings. The van der Waals surface area contributed by atoms with E-state index in [1.165, 1.54) is 11.3 Å². The van der Waals surface area contributed by atoms with Gasteiger partial charge in [-0.25, -0.2) is 9.78 Å². The lowest BCUT2D eigenvalue weighted by atomic mass is 10.1. The van der Waals surface area contributed by atoms with Crippen LogP contribution in [0.3, 0.4) is 0 Å². The average Bonchev–Trinajstić information content (AvgIpc) is 3.20. The van der Waals surface area contributed by atoms with Crippen molar-refractivity contribution in [3.05, 3.63) is 83.4 Å². The molecule has 0 spiro atoms. The zero-order chi connectivity index (χ0) is 18.9. The van der Waals surface area contributed by atoms with Crippen LogP contribution in [0.1, 0.15) is 11.1 Å². The molecule has 1 atom stereocenters. The molecule has 1 heterocycles. The molecule has 0 fully saturated rings. The molecule has 0 radical (unpaired) electrons. The Balaban J connectivity index is 1.63. The van der Waals surface area contributed by atoms with E-state index in [-0.39, 0.29) is 12.5 Å². The largest absolute Gasteiger partial charge is 0.445 e. The van der Waals surface area contributed by atoms with E-state index in [0.717, 1.165) is 11.1 Å². The third kappa shape index (κ3) is 5.93. The van der Waals surface area contributed by atoms with Gasteiger partial charge in [0.05, 0.1) is 0 Å². The van der Waals surface area contributed by atoms with Crippen LogP contribution < -0.4 is 10.6 Å². The minimum atomic E-state index is -0.778. The van der Waals surface area contributed by atoms with Gasteiger partial charge in [-0.1, -0.05) is 60.7 Å². The number of benzene rings is 2. The van der Waals surface area contributed by atoms with Crippen molar-refractivity contribution in [2.45, 2.75) is 19.1 Å². The molecule has 6 nitrogen and oxygen atoms in total. The number of aromatic nitrogens is 1. The Kier molecular flexibility index (Phi) is 6.54. The van der Waals surface area contributed by atoms with Crippen LogP contribution in [0, 0.1) is 0 Å². The van der Waals surface area contributed by atoms with Crippen molar-refractivity contribution in [1.82, 2.24) is 10.3 Å². The molecule has 7 heteroatoms. The van der Waals surface area contributed by atoms with Gasteiger partial charge >= 0.3 is 6.09 Å². The van der Waals surface area contributed by atoms with Gasteiger partial charge in [-0.15, -0.1) is 11.3 Å². The van der Waals surface area contributed by atoms with E-state index in [0.29, 0.717) is 11.6 Å². The molecule has 2 N–H and O–H groups in total. The molecule has 0 unspecified atom stereocenters. The Bertz CT molecular complexity index is 855. The smallest absolute Gasteiger partial charge is 0.408 e. The normalized spacial score (nSPS) is 11.4. The number of nitrogens with zero attached hydrogens (tertiary/aromatic N) is 1. The van der Waals surface area contributed by atoms with E-state index in [9.17, 15) is 9.59 Å². The Morgan fingerprint density at radius 1 is 1.00 bits per heavy atom. The predicted molar refractivity (Wildman–Crippen MR) is 104 cm³/mol. The summed E-state index contributed by atoms with van der Waals surface area (Å²) in [5.41, 5.74) is 1.81. The van der Waals surface area contributed by atoms with Crippen molar-refractivity contribution in [2.24, 2.45) is 0 Å². The standard InChI is InChI=1S/C20H19N3O3S/c24-18(23-19-21-11-12-27-19)17(13-15-7-3-1-4-8-15)22-20(25)26-14-16-9-5-2-6-10-16/h1-12,17H,13-14H2,(H,22,25)(H,21,23,24)/t17-/m0/s1. The summed E-state index contributed by atoms with van der Waals surface area (Å²) in [7, 11) is 0. The number of thiazole rings is 1. The molecule has 3 rings (SSSR count). The average molecular weight is 381 g/mol. The van der Waals surface area contributed by atoms with Gasteiger partial charge in [0.15, 0.2) is 5.13 Å². The Hall–Kier alpha value is -3.19. The number of carbonyl (C=O) groups is 2. The van der Waals surface area contributed by atoms with E-state index in [4.69, 9.17) is 4.74 Å². The molecule has 138 valence electrons. The second-order valence-electron chi connectivity index (χ2n) is 5.77. The lowest BCUT2D eigenvalue weighted by Crippen LogP contribution is -2.45. The van der Waals surface area contributed by atoms with Crippen LogP contribution in [-0.2, 0) is 22.6 Å². The second kappa shape index (κ2) is 9.49. The van der Waals surface area contributed by atoms with Gasteiger partial charge in [0, 0.05) is 18.0 Å². The lowest BCUT2D eigenvalue weighted by Gasteiger charge is -2.18. The van der Waals surface area contributed by atoms with Gasteiger partial charge in [-0.2, -0.15) is 0 Å². The molecule has 27 heavy (non-hydrogen) atoms. The van der Waals surface area contributed by atoms with E-state index >= 15 is 0 Å². The zero-order valence-corrected chi connectivity index (χ0v) is 15.3. The molecule has 0 aliphatic heterocycles. The van der Waals surface area contributed by atoms with E-state index < -0.39 is 12.1 Å². The number of hydrogen-bond donors (Lipinski definition) is 2. The zero-order valence-electron chi connectivity index (χ0n) is 14.5. The van der Waals surface area contributed by atoms with E-state index in [1.54, 1.807) is 11.6 Å². The van der Waals surface area contributed by atoms with Crippen molar-refractivity contribution in [3.8, 4) is 0 Å².